The number of sulfonamides is 1. The number of nitrogens with two attached hydrogens (primary N) is 1. The molecule has 106 valence electrons. The Balaban J connectivity index is 2.33. The van der Waals surface area contributed by atoms with E-state index in [9.17, 15) is 8.42 Å². The van der Waals surface area contributed by atoms with Crippen LogP contribution >= 0.6 is 0 Å². The molecule has 5 heteroatoms. The van der Waals surface area contributed by atoms with Gasteiger partial charge in [-0.3, -0.25) is 0 Å². The number of anilines is 1. The van der Waals surface area contributed by atoms with Crippen LogP contribution in [-0.2, 0) is 10.0 Å². The summed E-state index contributed by atoms with van der Waals surface area (Å²) in [5, 5.41) is 0. The van der Waals surface area contributed by atoms with E-state index in [2.05, 4.69) is 4.72 Å². The smallest absolute Gasteiger partial charge is 0.243 e. The van der Waals surface area contributed by atoms with Gasteiger partial charge in [-0.05, 0) is 31.0 Å². The lowest BCUT2D eigenvalue weighted by molar-refractivity contribution is 0.567. The molecule has 20 heavy (non-hydrogen) atoms. The predicted molar refractivity (Wildman–Crippen MR) is 80.8 cm³/mol. The normalized spacial score (nSPS) is 13.1. The minimum Gasteiger partial charge on any atom is -0.398 e. The first-order valence-corrected chi connectivity index (χ1v) is 7.82. The zero-order valence-electron chi connectivity index (χ0n) is 11.5. The molecule has 4 nitrogen and oxygen atoms in total. The summed E-state index contributed by atoms with van der Waals surface area (Å²) in [7, 11) is -3.64. The molecule has 0 fully saturated rings. The van der Waals surface area contributed by atoms with Crippen LogP contribution in [0.15, 0.2) is 53.4 Å². The topological polar surface area (TPSA) is 72.2 Å². The Morgan fingerprint density at radius 1 is 1.05 bits per heavy atom. The average molecular weight is 290 g/mol. The summed E-state index contributed by atoms with van der Waals surface area (Å²) in [6.45, 7) is 3.54. The van der Waals surface area contributed by atoms with Gasteiger partial charge in [0.05, 0.1) is 5.69 Å². The Hall–Kier alpha value is -1.85. The second-order valence-electron chi connectivity index (χ2n) is 4.75. The zero-order chi connectivity index (χ0) is 14.8. The van der Waals surface area contributed by atoms with Crippen molar-refractivity contribution in [2.24, 2.45) is 0 Å². The number of nitrogen functional groups attached to an aromatic ring is 1. The van der Waals surface area contributed by atoms with Gasteiger partial charge in [0.1, 0.15) is 4.90 Å². The maximum absolute atomic E-state index is 12.5. The fourth-order valence-electron chi connectivity index (χ4n) is 2.14. The van der Waals surface area contributed by atoms with Gasteiger partial charge in [0, 0.05) is 6.04 Å². The van der Waals surface area contributed by atoms with Crippen molar-refractivity contribution in [1.82, 2.24) is 4.72 Å². The van der Waals surface area contributed by atoms with E-state index >= 15 is 0 Å². The van der Waals surface area contributed by atoms with Gasteiger partial charge in [0.2, 0.25) is 10.0 Å². The molecule has 0 aliphatic heterocycles. The van der Waals surface area contributed by atoms with E-state index in [1.807, 2.05) is 30.3 Å². The molecule has 0 aromatic heterocycles. The molecule has 0 heterocycles. The van der Waals surface area contributed by atoms with Crippen molar-refractivity contribution in [3.63, 3.8) is 0 Å². The molecule has 0 saturated heterocycles. The first-order chi connectivity index (χ1) is 9.42. The molecule has 0 radical (unpaired) electrons. The van der Waals surface area contributed by atoms with Crippen molar-refractivity contribution < 1.29 is 8.42 Å². The van der Waals surface area contributed by atoms with Gasteiger partial charge < -0.3 is 5.73 Å². The van der Waals surface area contributed by atoms with Gasteiger partial charge in [0.15, 0.2) is 0 Å². The number of aryl methyl sites for hydroxylation is 1. The Labute approximate surface area is 119 Å². The third kappa shape index (κ3) is 3.00. The Bertz CT molecular complexity index is 677. The Kier molecular flexibility index (Phi) is 4.11. The molecule has 1 atom stereocenters. The third-order valence-electron chi connectivity index (χ3n) is 3.14. The molecule has 2 rings (SSSR count). The summed E-state index contributed by atoms with van der Waals surface area (Å²) in [5.74, 6) is 0. The summed E-state index contributed by atoms with van der Waals surface area (Å²) in [6.07, 6.45) is 0. The highest BCUT2D eigenvalue weighted by atomic mass is 32.2. The maximum Gasteiger partial charge on any atom is 0.243 e. The van der Waals surface area contributed by atoms with Gasteiger partial charge in [-0.1, -0.05) is 42.5 Å². The number of nitrogens with one attached hydrogen (secondary N) is 1. The molecule has 0 aliphatic rings. The van der Waals surface area contributed by atoms with E-state index in [1.54, 1.807) is 32.0 Å². The SMILES string of the molecule is Cc1cccc(N)c1S(=O)(=O)NC(C)c1ccccc1. The van der Waals surface area contributed by atoms with Crippen LogP contribution in [0.4, 0.5) is 5.69 Å². The second-order valence-corrected chi connectivity index (χ2v) is 6.40. The molecule has 0 amide bonds. The van der Waals surface area contributed by atoms with Crippen LogP contribution in [0.5, 0.6) is 0 Å². The molecule has 1 unspecified atom stereocenters. The Morgan fingerprint density at radius 3 is 2.30 bits per heavy atom. The number of benzene rings is 2. The fourth-order valence-corrected chi connectivity index (χ4v) is 3.73. The molecule has 0 spiro atoms. The highest BCUT2D eigenvalue weighted by Gasteiger charge is 2.22. The lowest BCUT2D eigenvalue weighted by Crippen LogP contribution is -2.28. The van der Waals surface area contributed by atoms with E-state index < -0.39 is 10.0 Å². The van der Waals surface area contributed by atoms with Crippen LogP contribution < -0.4 is 10.5 Å². The third-order valence-corrected chi connectivity index (χ3v) is 4.90. The first kappa shape index (κ1) is 14.6. The molecule has 0 aliphatic carbocycles. The van der Waals surface area contributed by atoms with Crippen molar-refractivity contribution >= 4 is 15.7 Å². The highest BCUT2D eigenvalue weighted by molar-refractivity contribution is 7.89. The standard InChI is InChI=1S/C15H18N2O2S/c1-11-7-6-10-14(16)15(11)20(18,19)17-12(2)13-8-4-3-5-9-13/h3-10,12,17H,16H2,1-2H3. The predicted octanol–water partition coefficient (Wildman–Crippen LogP) is 2.62. The monoisotopic (exact) mass is 290 g/mol. The molecule has 0 saturated carbocycles. The maximum atomic E-state index is 12.5. The molecule has 2 aromatic rings. The van der Waals surface area contributed by atoms with Gasteiger partial charge in [0.25, 0.3) is 0 Å². The van der Waals surface area contributed by atoms with Crippen molar-refractivity contribution in [1.29, 1.82) is 0 Å². The average Bonchev–Trinajstić information content (AvgIpc) is 2.38. The molecular formula is C15H18N2O2S. The van der Waals surface area contributed by atoms with Crippen LogP contribution in [0.25, 0.3) is 0 Å². The fraction of sp³-hybridized carbons (Fsp3) is 0.200. The minimum atomic E-state index is -3.64. The molecule has 2 aromatic carbocycles. The quantitative estimate of drug-likeness (QED) is 0.850. The van der Waals surface area contributed by atoms with Crippen LogP contribution in [0.3, 0.4) is 0 Å². The Morgan fingerprint density at radius 2 is 1.70 bits per heavy atom. The second kappa shape index (κ2) is 5.64. The summed E-state index contributed by atoms with van der Waals surface area (Å²) >= 11 is 0. The lowest BCUT2D eigenvalue weighted by atomic mass is 10.1. The number of hydrogen-bond acceptors (Lipinski definition) is 3. The van der Waals surface area contributed by atoms with Gasteiger partial charge in [-0.25, -0.2) is 13.1 Å². The van der Waals surface area contributed by atoms with E-state index in [0.717, 1.165) is 5.56 Å². The minimum absolute atomic E-state index is 0.155. The molecule has 0 bridgehead atoms. The molecule has 3 N–H and O–H groups in total. The first-order valence-electron chi connectivity index (χ1n) is 6.34. The zero-order valence-corrected chi connectivity index (χ0v) is 12.3. The van der Waals surface area contributed by atoms with E-state index in [0.29, 0.717) is 5.56 Å². The van der Waals surface area contributed by atoms with Crippen molar-refractivity contribution in [3.05, 3.63) is 59.7 Å². The summed E-state index contributed by atoms with van der Waals surface area (Å²) in [5.41, 5.74) is 7.61. The number of rotatable bonds is 4. The van der Waals surface area contributed by atoms with E-state index in [1.165, 1.54) is 0 Å². The van der Waals surface area contributed by atoms with Gasteiger partial charge in [-0.2, -0.15) is 0 Å². The van der Waals surface area contributed by atoms with Crippen molar-refractivity contribution in [3.8, 4) is 0 Å². The van der Waals surface area contributed by atoms with Gasteiger partial charge >= 0.3 is 0 Å². The van der Waals surface area contributed by atoms with Crippen LogP contribution in [-0.4, -0.2) is 8.42 Å². The van der Waals surface area contributed by atoms with Crippen LogP contribution in [0, 0.1) is 6.92 Å². The molecular weight excluding hydrogens is 272 g/mol. The van der Waals surface area contributed by atoms with E-state index in [4.69, 9.17) is 5.73 Å². The van der Waals surface area contributed by atoms with Gasteiger partial charge in [-0.15, -0.1) is 0 Å². The lowest BCUT2D eigenvalue weighted by Gasteiger charge is -2.17. The largest absolute Gasteiger partial charge is 0.398 e. The van der Waals surface area contributed by atoms with Crippen LogP contribution in [0.2, 0.25) is 0 Å². The van der Waals surface area contributed by atoms with Crippen molar-refractivity contribution in [2.75, 3.05) is 5.73 Å². The highest BCUT2D eigenvalue weighted by Crippen LogP contribution is 2.24. The van der Waals surface area contributed by atoms with Crippen molar-refractivity contribution in [2.45, 2.75) is 24.8 Å². The number of hydrogen-bond donors (Lipinski definition) is 2. The van der Waals surface area contributed by atoms with Crippen LogP contribution in [0.1, 0.15) is 24.1 Å². The van der Waals surface area contributed by atoms with E-state index in [-0.39, 0.29) is 16.6 Å². The summed E-state index contributed by atoms with van der Waals surface area (Å²) in [6, 6.07) is 14.2. The summed E-state index contributed by atoms with van der Waals surface area (Å²) < 4.78 is 27.6. The summed E-state index contributed by atoms with van der Waals surface area (Å²) in [4.78, 5) is 0.155.